The van der Waals surface area contributed by atoms with Crippen molar-refractivity contribution in [3.8, 4) is 0 Å². The van der Waals surface area contributed by atoms with Crippen molar-refractivity contribution < 1.29 is 14.7 Å². The molecular weight excluding hydrogens is 379 g/mol. The van der Waals surface area contributed by atoms with Gasteiger partial charge in [-0.05, 0) is 31.0 Å². The second-order valence-corrected chi connectivity index (χ2v) is 6.72. The van der Waals surface area contributed by atoms with Gasteiger partial charge in [-0.3, -0.25) is 10.1 Å². The van der Waals surface area contributed by atoms with Gasteiger partial charge in [0.1, 0.15) is 5.82 Å². The molecule has 3 amide bonds. The van der Waals surface area contributed by atoms with E-state index in [4.69, 9.17) is 23.2 Å². The minimum atomic E-state index is -0.467. The molecule has 4 N–H and O–H groups in total. The highest BCUT2D eigenvalue weighted by atomic mass is 35.5. The summed E-state index contributed by atoms with van der Waals surface area (Å²) in [4.78, 5) is 28.3. The fourth-order valence-electron chi connectivity index (χ4n) is 2.53. The summed E-state index contributed by atoms with van der Waals surface area (Å²) in [6, 6.07) is 7.41. The van der Waals surface area contributed by atoms with Crippen LogP contribution in [0.25, 0.3) is 0 Å². The smallest absolute Gasteiger partial charge is 0.320 e. The number of amides is 3. The van der Waals surface area contributed by atoms with Gasteiger partial charge in [0.25, 0.3) is 5.91 Å². The third kappa shape index (κ3) is 4.43. The number of aliphatic hydroxyl groups excluding tert-OH is 1. The summed E-state index contributed by atoms with van der Waals surface area (Å²) in [5.74, 6) is -0.198. The van der Waals surface area contributed by atoms with Crippen LogP contribution in [0, 0.1) is 0 Å². The number of rotatable bonds is 4. The Labute approximate surface area is 159 Å². The lowest BCUT2D eigenvalue weighted by atomic mass is 9.90. The van der Waals surface area contributed by atoms with Crippen LogP contribution in [-0.4, -0.2) is 34.2 Å². The molecule has 0 atom stereocenters. The van der Waals surface area contributed by atoms with Crippen molar-refractivity contribution in [1.29, 1.82) is 0 Å². The Morgan fingerprint density at radius 1 is 1.12 bits per heavy atom. The zero-order chi connectivity index (χ0) is 18.7. The number of hydrogen-bond acceptors (Lipinski definition) is 4. The zero-order valence-corrected chi connectivity index (χ0v) is 15.0. The van der Waals surface area contributed by atoms with Gasteiger partial charge in [0.15, 0.2) is 0 Å². The molecule has 2 aromatic rings. The first-order valence-corrected chi connectivity index (χ1v) is 8.65. The summed E-state index contributed by atoms with van der Waals surface area (Å²) in [6.07, 6.45) is 2.17. The highest BCUT2D eigenvalue weighted by Crippen LogP contribution is 2.25. The molecule has 0 bridgehead atoms. The van der Waals surface area contributed by atoms with Gasteiger partial charge >= 0.3 is 6.03 Å². The molecule has 3 rings (SSSR count). The number of hydrogen-bond donors (Lipinski definition) is 4. The summed E-state index contributed by atoms with van der Waals surface area (Å²) in [7, 11) is 0. The molecule has 1 heterocycles. The summed E-state index contributed by atoms with van der Waals surface area (Å²) >= 11 is 12.1. The lowest BCUT2D eigenvalue weighted by Gasteiger charge is -2.31. The van der Waals surface area contributed by atoms with Gasteiger partial charge in [0.2, 0.25) is 0 Å². The number of halogens is 2. The first-order valence-electron chi connectivity index (χ1n) is 7.89. The predicted octanol–water partition coefficient (Wildman–Crippen LogP) is 3.29. The van der Waals surface area contributed by atoms with E-state index in [0.29, 0.717) is 18.5 Å². The number of aliphatic hydroxyl groups is 1. The fraction of sp³-hybridized carbons (Fsp3) is 0.235. The van der Waals surface area contributed by atoms with Crippen LogP contribution in [-0.2, 0) is 0 Å². The first kappa shape index (κ1) is 18.4. The van der Waals surface area contributed by atoms with Crippen molar-refractivity contribution in [2.24, 2.45) is 0 Å². The molecule has 0 aliphatic heterocycles. The third-order valence-electron chi connectivity index (χ3n) is 3.90. The van der Waals surface area contributed by atoms with Crippen molar-refractivity contribution in [1.82, 2.24) is 10.3 Å². The maximum atomic E-state index is 12.4. The number of carbonyl (C=O) groups is 2. The Morgan fingerprint density at radius 2 is 1.81 bits per heavy atom. The van der Waals surface area contributed by atoms with Crippen LogP contribution < -0.4 is 16.0 Å². The van der Waals surface area contributed by atoms with Crippen LogP contribution in [0.4, 0.5) is 16.3 Å². The molecule has 0 saturated heterocycles. The van der Waals surface area contributed by atoms with Gasteiger partial charge in [-0.1, -0.05) is 29.3 Å². The zero-order valence-electron chi connectivity index (χ0n) is 13.5. The molecule has 1 aliphatic carbocycles. The fourth-order valence-corrected chi connectivity index (χ4v) is 3.10. The second kappa shape index (κ2) is 7.90. The number of nitrogens with one attached hydrogen (secondary N) is 3. The number of urea groups is 1. The van der Waals surface area contributed by atoms with Crippen molar-refractivity contribution in [3.05, 3.63) is 52.1 Å². The third-order valence-corrected chi connectivity index (χ3v) is 4.53. The van der Waals surface area contributed by atoms with E-state index in [2.05, 4.69) is 20.9 Å². The van der Waals surface area contributed by atoms with E-state index >= 15 is 0 Å². The number of nitrogens with zero attached hydrogens (tertiary/aromatic N) is 1. The number of carbonyl (C=O) groups excluding carboxylic acids is 2. The van der Waals surface area contributed by atoms with Gasteiger partial charge in [0.05, 0.1) is 21.7 Å². The van der Waals surface area contributed by atoms with Crippen LogP contribution in [0.15, 0.2) is 36.5 Å². The number of pyridine rings is 1. The molecule has 1 aromatic carbocycles. The molecule has 0 radical (unpaired) electrons. The molecule has 0 spiro atoms. The largest absolute Gasteiger partial charge is 0.393 e. The lowest BCUT2D eigenvalue weighted by Crippen LogP contribution is -2.48. The molecule has 1 aromatic heterocycles. The van der Waals surface area contributed by atoms with E-state index in [1.165, 1.54) is 12.3 Å². The highest BCUT2D eigenvalue weighted by molar-refractivity contribution is 6.40. The maximum absolute atomic E-state index is 12.4. The lowest BCUT2D eigenvalue weighted by molar-refractivity contribution is 0.0671. The van der Waals surface area contributed by atoms with Gasteiger partial charge in [0, 0.05) is 24.0 Å². The number of benzene rings is 1. The Balaban J connectivity index is 1.63. The molecule has 1 aliphatic rings. The van der Waals surface area contributed by atoms with E-state index in [0.717, 1.165) is 0 Å². The van der Waals surface area contributed by atoms with Crippen LogP contribution >= 0.6 is 23.2 Å². The molecule has 1 saturated carbocycles. The minimum absolute atomic E-state index is 0.0461. The molecule has 136 valence electrons. The van der Waals surface area contributed by atoms with E-state index in [9.17, 15) is 14.7 Å². The average molecular weight is 395 g/mol. The molecule has 0 unspecified atom stereocenters. The summed E-state index contributed by atoms with van der Waals surface area (Å²) < 4.78 is 0. The van der Waals surface area contributed by atoms with Crippen LogP contribution in [0.1, 0.15) is 23.2 Å². The minimum Gasteiger partial charge on any atom is -0.393 e. The molecule has 9 heteroatoms. The Bertz CT molecular complexity index is 820. The van der Waals surface area contributed by atoms with E-state index < -0.39 is 11.9 Å². The van der Waals surface area contributed by atoms with Crippen LogP contribution in [0.5, 0.6) is 0 Å². The topological polar surface area (TPSA) is 103 Å². The quantitative estimate of drug-likeness (QED) is 0.638. The van der Waals surface area contributed by atoms with Crippen LogP contribution in [0.3, 0.4) is 0 Å². The normalized spacial score (nSPS) is 18.6. The first-order chi connectivity index (χ1) is 12.4. The van der Waals surface area contributed by atoms with E-state index in [-0.39, 0.29) is 33.6 Å². The maximum Gasteiger partial charge on any atom is 0.320 e. The van der Waals surface area contributed by atoms with Crippen molar-refractivity contribution in [2.45, 2.75) is 25.0 Å². The standard InChI is InChI=1S/C17H16Cl2N4O3/c18-12-2-1-3-13(19)15(12)16(25)21-9-4-5-20-14(8-9)23-17(26)22-10-6-11(24)7-10/h1-5,8,10-11,24H,6-7H2,(H3,20,21,22,23,25,26)/t10-,11-. The highest BCUT2D eigenvalue weighted by Gasteiger charge is 2.28. The monoisotopic (exact) mass is 394 g/mol. The van der Waals surface area contributed by atoms with E-state index in [1.807, 2.05) is 0 Å². The molecule has 26 heavy (non-hydrogen) atoms. The van der Waals surface area contributed by atoms with Crippen molar-refractivity contribution in [3.63, 3.8) is 0 Å². The Kier molecular flexibility index (Phi) is 5.61. The van der Waals surface area contributed by atoms with E-state index in [1.54, 1.807) is 24.3 Å². The summed E-state index contributed by atoms with van der Waals surface area (Å²) in [6.45, 7) is 0. The van der Waals surface area contributed by atoms with Gasteiger partial charge in [-0.15, -0.1) is 0 Å². The molecule has 7 nitrogen and oxygen atoms in total. The Hall–Kier alpha value is -2.35. The average Bonchev–Trinajstić information content (AvgIpc) is 2.53. The van der Waals surface area contributed by atoms with Gasteiger partial charge < -0.3 is 15.7 Å². The van der Waals surface area contributed by atoms with Gasteiger partial charge in [-0.2, -0.15) is 0 Å². The molecule has 1 fully saturated rings. The predicted molar refractivity (Wildman–Crippen MR) is 99.8 cm³/mol. The Morgan fingerprint density at radius 3 is 2.46 bits per heavy atom. The second-order valence-electron chi connectivity index (χ2n) is 5.90. The summed E-state index contributed by atoms with van der Waals surface area (Å²) in [5, 5.41) is 17.7. The number of anilines is 2. The number of aromatic nitrogens is 1. The van der Waals surface area contributed by atoms with Crippen molar-refractivity contribution in [2.75, 3.05) is 10.6 Å². The van der Waals surface area contributed by atoms with Crippen LogP contribution in [0.2, 0.25) is 10.0 Å². The molecular formula is C17H16Cl2N4O3. The summed E-state index contributed by atoms with van der Waals surface area (Å²) in [5.41, 5.74) is 0.596. The van der Waals surface area contributed by atoms with Gasteiger partial charge in [-0.25, -0.2) is 9.78 Å². The SMILES string of the molecule is O=C(Nc1cc(NC(=O)c2c(Cl)cccc2Cl)ccn1)N[C@H]1C[C@H](O)C1. The van der Waals surface area contributed by atoms with Crippen molar-refractivity contribution >= 4 is 46.6 Å².